The van der Waals surface area contributed by atoms with Crippen molar-refractivity contribution in [2.45, 2.75) is 38.2 Å². The molecule has 0 spiro atoms. The fourth-order valence-corrected chi connectivity index (χ4v) is 2.40. The van der Waals surface area contributed by atoms with Gasteiger partial charge in [-0.25, -0.2) is 0 Å². The quantitative estimate of drug-likeness (QED) is 0.839. The van der Waals surface area contributed by atoms with Crippen molar-refractivity contribution in [2.75, 3.05) is 0 Å². The number of nitrogens with one attached hydrogen (secondary N) is 1. The molecular weight excluding hydrogens is 234 g/mol. The van der Waals surface area contributed by atoms with Crippen molar-refractivity contribution in [1.82, 2.24) is 25.6 Å². The van der Waals surface area contributed by atoms with Crippen LogP contribution in [0.5, 0.6) is 0 Å². The maximum atomic E-state index is 9.90. The number of aromatic nitrogens is 5. The number of aliphatic hydroxyl groups is 1. The minimum atomic E-state index is -0.249. The highest BCUT2D eigenvalue weighted by Gasteiger charge is 2.25. The Kier molecular flexibility index (Phi) is 3.06. The molecule has 2 aromatic rings. The molecule has 2 heterocycles. The van der Waals surface area contributed by atoms with Crippen LogP contribution in [-0.4, -0.2) is 36.8 Å². The van der Waals surface area contributed by atoms with Gasteiger partial charge < -0.3 is 9.63 Å². The molecule has 1 saturated carbocycles. The van der Waals surface area contributed by atoms with Gasteiger partial charge in [0.2, 0.25) is 11.7 Å². The molecule has 1 aliphatic carbocycles. The molecule has 1 aliphatic rings. The Labute approximate surface area is 104 Å². The summed E-state index contributed by atoms with van der Waals surface area (Å²) in [5.74, 6) is 1.22. The van der Waals surface area contributed by atoms with Crippen LogP contribution in [0.2, 0.25) is 0 Å². The Morgan fingerprint density at radius 1 is 1.39 bits per heavy atom. The van der Waals surface area contributed by atoms with Crippen molar-refractivity contribution in [3.63, 3.8) is 0 Å². The Morgan fingerprint density at radius 3 is 3.06 bits per heavy atom. The number of nitrogens with zero attached hydrogens (tertiary/aromatic N) is 4. The maximum absolute atomic E-state index is 9.90. The average Bonchev–Trinajstić information content (AvgIpc) is 3.02. The zero-order chi connectivity index (χ0) is 12.4. The molecule has 2 N–H and O–H groups in total. The summed E-state index contributed by atoms with van der Waals surface area (Å²) < 4.78 is 5.19. The predicted molar refractivity (Wildman–Crippen MR) is 61.3 cm³/mol. The van der Waals surface area contributed by atoms with E-state index in [0.29, 0.717) is 23.8 Å². The Hall–Kier alpha value is -1.76. The van der Waals surface area contributed by atoms with Gasteiger partial charge in [-0.2, -0.15) is 20.4 Å². The van der Waals surface area contributed by atoms with E-state index < -0.39 is 0 Å². The van der Waals surface area contributed by atoms with Crippen molar-refractivity contribution in [2.24, 2.45) is 5.92 Å². The second-order valence-corrected chi connectivity index (χ2v) is 4.68. The van der Waals surface area contributed by atoms with Crippen LogP contribution >= 0.6 is 0 Å². The standard InChI is InChI=1S/C11H15N5O2/c17-9-4-2-1-3-7(9)5-10-13-11(15-18-10)8-6-12-16-14-8/h6-7,9,17H,1-5H2,(H,12,14,16). The summed E-state index contributed by atoms with van der Waals surface area (Å²) in [5.41, 5.74) is 0.564. The lowest BCUT2D eigenvalue weighted by Gasteiger charge is -2.26. The molecule has 2 aromatic heterocycles. The fraction of sp³-hybridized carbons (Fsp3) is 0.636. The smallest absolute Gasteiger partial charge is 0.227 e. The normalized spacial score (nSPS) is 24.3. The molecule has 0 amide bonds. The first-order valence-corrected chi connectivity index (χ1v) is 6.20. The summed E-state index contributed by atoms with van der Waals surface area (Å²) >= 11 is 0. The van der Waals surface area contributed by atoms with E-state index in [-0.39, 0.29) is 12.0 Å². The van der Waals surface area contributed by atoms with Crippen LogP contribution in [-0.2, 0) is 6.42 Å². The number of hydrogen-bond donors (Lipinski definition) is 2. The van der Waals surface area contributed by atoms with Gasteiger partial charge in [-0.05, 0) is 18.8 Å². The van der Waals surface area contributed by atoms with E-state index in [1.165, 1.54) is 0 Å². The van der Waals surface area contributed by atoms with Gasteiger partial charge in [-0.3, -0.25) is 0 Å². The summed E-state index contributed by atoms with van der Waals surface area (Å²) in [5, 5.41) is 23.9. The predicted octanol–water partition coefficient (Wildman–Crippen LogP) is 0.948. The van der Waals surface area contributed by atoms with Gasteiger partial charge in [-0.15, -0.1) is 0 Å². The second-order valence-electron chi connectivity index (χ2n) is 4.68. The van der Waals surface area contributed by atoms with Gasteiger partial charge in [-0.1, -0.05) is 18.0 Å². The molecule has 3 rings (SSSR count). The van der Waals surface area contributed by atoms with Crippen LogP contribution in [0.4, 0.5) is 0 Å². The summed E-state index contributed by atoms with van der Waals surface area (Å²) in [7, 11) is 0. The van der Waals surface area contributed by atoms with Crippen LogP contribution in [0, 0.1) is 5.92 Å². The van der Waals surface area contributed by atoms with Crippen molar-refractivity contribution < 1.29 is 9.63 Å². The van der Waals surface area contributed by atoms with E-state index in [9.17, 15) is 5.11 Å². The highest BCUT2D eigenvalue weighted by Crippen LogP contribution is 2.27. The monoisotopic (exact) mass is 249 g/mol. The van der Waals surface area contributed by atoms with Crippen LogP contribution < -0.4 is 0 Å². The molecule has 0 radical (unpaired) electrons. The molecule has 0 bridgehead atoms. The maximum Gasteiger partial charge on any atom is 0.227 e. The molecular formula is C11H15N5O2. The second kappa shape index (κ2) is 4.85. The third-order valence-electron chi connectivity index (χ3n) is 3.42. The average molecular weight is 249 g/mol. The molecule has 0 saturated heterocycles. The largest absolute Gasteiger partial charge is 0.393 e. The van der Waals surface area contributed by atoms with E-state index in [2.05, 4.69) is 25.6 Å². The fourth-order valence-electron chi connectivity index (χ4n) is 2.40. The molecule has 7 nitrogen and oxygen atoms in total. The Balaban J connectivity index is 1.70. The zero-order valence-electron chi connectivity index (χ0n) is 9.91. The summed E-state index contributed by atoms with van der Waals surface area (Å²) in [6.07, 6.45) is 6.08. The molecule has 7 heteroatoms. The summed E-state index contributed by atoms with van der Waals surface area (Å²) in [4.78, 5) is 4.27. The summed E-state index contributed by atoms with van der Waals surface area (Å²) in [6.45, 7) is 0. The van der Waals surface area contributed by atoms with Crippen LogP contribution in [0.25, 0.3) is 11.5 Å². The van der Waals surface area contributed by atoms with E-state index in [0.717, 1.165) is 25.7 Å². The van der Waals surface area contributed by atoms with Crippen molar-refractivity contribution in [3.8, 4) is 11.5 Å². The van der Waals surface area contributed by atoms with E-state index in [1.807, 2.05) is 0 Å². The number of aromatic amines is 1. The van der Waals surface area contributed by atoms with Gasteiger partial charge >= 0.3 is 0 Å². The Bertz CT molecular complexity index is 495. The van der Waals surface area contributed by atoms with Crippen molar-refractivity contribution in [3.05, 3.63) is 12.1 Å². The highest BCUT2D eigenvalue weighted by atomic mass is 16.5. The molecule has 96 valence electrons. The minimum Gasteiger partial charge on any atom is -0.393 e. The first kappa shape index (κ1) is 11.3. The highest BCUT2D eigenvalue weighted by molar-refractivity contribution is 5.44. The van der Waals surface area contributed by atoms with Gasteiger partial charge in [0.25, 0.3) is 0 Å². The number of aliphatic hydroxyl groups excluding tert-OH is 1. The van der Waals surface area contributed by atoms with Crippen LogP contribution in [0.15, 0.2) is 10.7 Å². The molecule has 18 heavy (non-hydrogen) atoms. The first-order valence-electron chi connectivity index (χ1n) is 6.20. The lowest BCUT2D eigenvalue weighted by molar-refractivity contribution is 0.0657. The molecule has 1 fully saturated rings. The Morgan fingerprint density at radius 2 is 2.28 bits per heavy atom. The van der Waals surface area contributed by atoms with Gasteiger partial charge in [0.05, 0.1) is 12.3 Å². The van der Waals surface area contributed by atoms with Gasteiger partial charge in [0.15, 0.2) is 5.69 Å². The van der Waals surface area contributed by atoms with Crippen LogP contribution in [0.1, 0.15) is 31.6 Å². The topological polar surface area (TPSA) is 101 Å². The number of H-pyrrole nitrogens is 1. The lowest BCUT2D eigenvalue weighted by Crippen LogP contribution is -2.26. The minimum absolute atomic E-state index is 0.226. The van der Waals surface area contributed by atoms with Crippen molar-refractivity contribution >= 4 is 0 Å². The zero-order valence-corrected chi connectivity index (χ0v) is 9.91. The van der Waals surface area contributed by atoms with E-state index in [1.54, 1.807) is 6.20 Å². The molecule has 2 atom stereocenters. The molecule has 0 aliphatic heterocycles. The third-order valence-corrected chi connectivity index (χ3v) is 3.42. The third kappa shape index (κ3) is 2.26. The van der Waals surface area contributed by atoms with Gasteiger partial charge in [0.1, 0.15) is 0 Å². The van der Waals surface area contributed by atoms with Gasteiger partial charge in [0, 0.05) is 6.42 Å². The number of rotatable bonds is 3. The van der Waals surface area contributed by atoms with E-state index in [4.69, 9.17) is 4.52 Å². The number of hydrogen-bond acceptors (Lipinski definition) is 6. The first-order chi connectivity index (χ1) is 8.83. The SMILES string of the molecule is OC1CCCCC1Cc1nc(-c2cn[nH]n2)no1. The van der Waals surface area contributed by atoms with E-state index >= 15 is 0 Å². The molecule has 2 unspecified atom stereocenters. The lowest BCUT2D eigenvalue weighted by atomic mass is 9.84. The van der Waals surface area contributed by atoms with Crippen LogP contribution in [0.3, 0.4) is 0 Å². The van der Waals surface area contributed by atoms with Crippen molar-refractivity contribution in [1.29, 1.82) is 0 Å². The summed E-state index contributed by atoms with van der Waals surface area (Å²) in [6, 6.07) is 0. The molecule has 0 aromatic carbocycles.